The summed E-state index contributed by atoms with van der Waals surface area (Å²) in [5, 5.41) is 0. The Morgan fingerprint density at radius 2 is 2.20 bits per heavy atom. The Kier molecular flexibility index (Phi) is 2.92. The molecule has 0 aliphatic heterocycles. The molecule has 1 aromatic rings. The lowest BCUT2D eigenvalue weighted by atomic mass is 10.1. The largest absolute Gasteiger partial charge is 0.295 e. The predicted octanol–water partition coefficient (Wildman–Crippen LogP) is 3.18. The smallest absolute Gasteiger partial charge is 0.0354 e. The highest BCUT2D eigenvalue weighted by molar-refractivity contribution is 5.34. The highest BCUT2D eigenvalue weighted by atomic mass is 15.1. The third-order valence-corrected chi connectivity index (χ3v) is 3.15. The Bertz CT molecular complexity index is 367. The lowest BCUT2D eigenvalue weighted by Crippen LogP contribution is -2.24. The van der Waals surface area contributed by atoms with Gasteiger partial charge in [-0.05, 0) is 37.9 Å². The van der Waals surface area contributed by atoms with Crippen LogP contribution in [-0.2, 0) is 6.42 Å². The van der Waals surface area contributed by atoms with Gasteiger partial charge in [0.25, 0.3) is 0 Å². The molecule has 1 atom stereocenters. The highest BCUT2D eigenvalue weighted by Gasteiger charge is 2.24. The number of likely N-dealkylation sites (N-methyl/N-ethyl adjacent to an activating group) is 1. The lowest BCUT2D eigenvalue weighted by Gasteiger charge is -2.25. The molecule has 0 fully saturated rings. The molecule has 0 saturated carbocycles. The Hall–Kier alpha value is -1.08. The predicted molar refractivity (Wildman–Crippen MR) is 64.9 cm³/mol. The second-order valence-electron chi connectivity index (χ2n) is 4.63. The quantitative estimate of drug-likeness (QED) is 0.679. The van der Waals surface area contributed by atoms with Crippen LogP contribution < -0.4 is 0 Å². The fourth-order valence-corrected chi connectivity index (χ4v) is 2.53. The molecule has 1 nitrogen and oxygen atoms in total. The summed E-state index contributed by atoms with van der Waals surface area (Å²) in [5.74, 6) is 0. The van der Waals surface area contributed by atoms with Crippen LogP contribution in [0.5, 0.6) is 0 Å². The Morgan fingerprint density at radius 3 is 2.93 bits per heavy atom. The third kappa shape index (κ3) is 2.13. The lowest BCUT2D eigenvalue weighted by molar-refractivity contribution is 0.264. The monoisotopic (exact) mass is 201 g/mol. The molecule has 0 aromatic heterocycles. The van der Waals surface area contributed by atoms with Gasteiger partial charge in [0.15, 0.2) is 0 Å². The van der Waals surface area contributed by atoms with Crippen molar-refractivity contribution in [1.82, 2.24) is 4.90 Å². The average Bonchev–Trinajstić information content (AvgIpc) is 2.59. The molecule has 15 heavy (non-hydrogen) atoms. The maximum atomic E-state index is 3.98. The van der Waals surface area contributed by atoms with Gasteiger partial charge in [0.05, 0.1) is 0 Å². The van der Waals surface area contributed by atoms with Gasteiger partial charge in [0, 0.05) is 12.6 Å². The minimum absolute atomic E-state index is 0.595. The summed E-state index contributed by atoms with van der Waals surface area (Å²) < 4.78 is 0. The first-order valence-electron chi connectivity index (χ1n) is 5.61. The summed E-state index contributed by atoms with van der Waals surface area (Å²) >= 11 is 0. The average molecular weight is 201 g/mol. The number of aryl methyl sites for hydroxylation is 1. The summed E-state index contributed by atoms with van der Waals surface area (Å²) in [6.45, 7) is 7.07. The highest BCUT2D eigenvalue weighted by Crippen LogP contribution is 2.34. The van der Waals surface area contributed by atoms with Crippen LogP contribution in [0.25, 0.3) is 0 Å². The molecule has 0 radical (unpaired) electrons. The fraction of sp³-hybridized carbons (Fsp3) is 0.429. The molecule has 0 spiro atoms. The molecule has 1 aromatic carbocycles. The van der Waals surface area contributed by atoms with E-state index in [1.807, 2.05) is 0 Å². The van der Waals surface area contributed by atoms with Crippen LogP contribution in [-0.4, -0.2) is 18.5 Å². The Morgan fingerprint density at radius 1 is 1.47 bits per heavy atom. The minimum atomic E-state index is 0.595. The van der Waals surface area contributed by atoms with Crippen LogP contribution >= 0.6 is 0 Å². The zero-order chi connectivity index (χ0) is 10.8. The van der Waals surface area contributed by atoms with Crippen molar-refractivity contribution in [2.75, 3.05) is 13.6 Å². The molecule has 1 unspecified atom stereocenters. The minimum Gasteiger partial charge on any atom is -0.295 e. The number of hydrogen-bond acceptors (Lipinski definition) is 1. The Labute approximate surface area is 92.4 Å². The number of hydrogen-bond donors (Lipinski definition) is 0. The molecule has 1 aliphatic carbocycles. The van der Waals surface area contributed by atoms with E-state index in [1.54, 1.807) is 0 Å². The molecule has 80 valence electrons. The van der Waals surface area contributed by atoms with Crippen LogP contribution in [0, 0.1) is 0 Å². The van der Waals surface area contributed by atoms with Crippen molar-refractivity contribution in [2.45, 2.75) is 25.8 Å². The van der Waals surface area contributed by atoms with Crippen LogP contribution in [0.15, 0.2) is 36.4 Å². The standard InChI is InChI=1S/C14H19N/c1-11(2)10-15(3)14-9-8-12-6-4-5-7-13(12)14/h4-7,14H,1,8-10H2,2-3H3. The van der Waals surface area contributed by atoms with Gasteiger partial charge < -0.3 is 0 Å². The summed E-state index contributed by atoms with van der Waals surface area (Å²) in [7, 11) is 2.20. The molecule has 0 saturated heterocycles. The van der Waals surface area contributed by atoms with Gasteiger partial charge in [0.1, 0.15) is 0 Å². The van der Waals surface area contributed by atoms with Crippen molar-refractivity contribution < 1.29 is 0 Å². The second kappa shape index (κ2) is 4.19. The van der Waals surface area contributed by atoms with Gasteiger partial charge in [-0.2, -0.15) is 0 Å². The summed E-state index contributed by atoms with van der Waals surface area (Å²) in [6, 6.07) is 9.40. The summed E-state index contributed by atoms with van der Waals surface area (Å²) in [6.07, 6.45) is 2.48. The number of benzene rings is 1. The fourth-order valence-electron chi connectivity index (χ4n) is 2.53. The molecule has 0 N–H and O–H groups in total. The van der Waals surface area contributed by atoms with Crippen molar-refractivity contribution in [3.8, 4) is 0 Å². The van der Waals surface area contributed by atoms with Crippen LogP contribution in [0.1, 0.15) is 30.5 Å². The maximum absolute atomic E-state index is 3.98. The molecular formula is C14H19N. The van der Waals surface area contributed by atoms with Gasteiger partial charge >= 0.3 is 0 Å². The van der Waals surface area contributed by atoms with E-state index in [2.05, 4.69) is 49.7 Å². The first-order chi connectivity index (χ1) is 7.18. The zero-order valence-corrected chi connectivity index (χ0v) is 9.66. The normalized spacial score (nSPS) is 19.3. The summed E-state index contributed by atoms with van der Waals surface area (Å²) in [4.78, 5) is 2.41. The molecule has 0 heterocycles. The van der Waals surface area contributed by atoms with Crippen molar-refractivity contribution in [3.63, 3.8) is 0 Å². The molecule has 0 bridgehead atoms. The van der Waals surface area contributed by atoms with Gasteiger partial charge in [0.2, 0.25) is 0 Å². The summed E-state index contributed by atoms with van der Waals surface area (Å²) in [5.41, 5.74) is 4.28. The van der Waals surface area contributed by atoms with E-state index in [9.17, 15) is 0 Å². The van der Waals surface area contributed by atoms with Crippen molar-refractivity contribution in [2.24, 2.45) is 0 Å². The van der Waals surface area contributed by atoms with Gasteiger partial charge in [-0.3, -0.25) is 4.90 Å². The van der Waals surface area contributed by atoms with Gasteiger partial charge in [-0.1, -0.05) is 36.4 Å². The SMILES string of the molecule is C=C(C)CN(C)C1CCc2ccccc21. The molecular weight excluding hydrogens is 182 g/mol. The van der Waals surface area contributed by atoms with Gasteiger partial charge in [-0.15, -0.1) is 0 Å². The van der Waals surface area contributed by atoms with Crippen LogP contribution in [0.4, 0.5) is 0 Å². The van der Waals surface area contributed by atoms with Crippen molar-refractivity contribution in [3.05, 3.63) is 47.5 Å². The zero-order valence-electron chi connectivity index (χ0n) is 9.66. The molecule has 1 heteroatoms. The van der Waals surface area contributed by atoms with Crippen molar-refractivity contribution in [1.29, 1.82) is 0 Å². The van der Waals surface area contributed by atoms with E-state index in [-0.39, 0.29) is 0 Å². The second-order valence-corrected chi connectivity index (χ2v) is 4.63. The number of rotatable bonds is 3. The van der Waals surface area contributed by atoms with Gasteiger partial charge in [-0.25, -0.2) is 0 Å². The van der Waals surface area contributed by atoms with E-state index in [4.69, 9.17) is 0 Å². The van der Waals surface area contributed by atoms with E-state index in [0.717, 1.165) is 6.54 Å². The first-order valence-corrected chi connectivity index (χ1v) is 5.61. The molecule has 1 aliphatic rings. The number of fused-ring (bicyclic) bond motifs is 1. The van der Waals surface area contributed by atoms with E-state index in [1.165, 1.54) is 29.5 Å². The number of nitrogens with zero attached hydrogens (tertiary/aromatic N) is 1. The third-order valence-electron chi connectivity index (χ3n) is 3.15. The van der Waals surface area contributed by atoms with Crippen LogP contribution in [0.3, 0.4) is 0 Å². The molecule has 0 amide bonds. The Balaban J connectivity index is 2.16. The van der Waals surface area contributed by atoms with Crippen molar-refractivity contribution >= 4 is 0 Å². The van der Waals surface area contributed by atoms with E-state index < -0.39 is 0 Å². The topological polar surface area (TPSA) is 3.24 Å². The van der Waals surface area contributed by atoms with E-state index in [0.29, 0.717) is 6.04 Å². The van der Waals surface area contributed by atoms with E-state index >= 15 is 0 Å². The molecule has 2 rings (SSSR count). The first kappa shape index (κ1) is 10.4. The maximum Gasteiger partial charge on any atom is 0.0354 e. The van der Waals surface area contributed by atoms with Crippen LogP contribution in [0.2, 0.25) is 0 Å².